The van der Waals surface area contributed by atoms with E-state index < -0.39 is 5.60 Å². The number of carbonyl (C=O) groups excluding carboxylic acids is 1. The molecule has 146 valence electrons. The number of rotatable bonds is 6. The van der Waals surface area contributed by atoms with E-state index in [-0.39, 0.29) is 24.8 Å². The van der Waals surface area contributed by atoms with Crippen LogP contribution in [0.4, 0.5) is 0 Å². The van der Waals surface area contributed by atoms with E-state index in [1.165, 1.54) is 0 Å². The average Bonchev–Trinajstić information content (AvgIpc) is 3.20. The Morgan fingerprint density at radius 1 is 1.21 bits per heavy atom. The fraction of sp³-hybridized carbons (Fsp3) is 0.381. The minimum absolute atomic E-state index is 0.139. The number of amides is 1. The third kappa shape index (κ3) is 4.14. The first kappa shape index (κ1) is 18.4. The molecule has 0 spiro atoms. The van der Waals surface area contributed by atoms with Crippen molar-refractivity contribution < 1.29 is 19.2 Å². The molecule has 7 nitrogen and oxygen atoms in total. The van der Waals surface area contributed by atoms with Gasteiger partial charge in [0, 0.05) is 24.2 Å². The Balaban J connectivity index is 1.35. The third-order valence-corrected chi connectivity index (χ3v) is 5.12. The number of hydrogen-bond acceptors (Lipinski definition) is 6. The molecule has 0 aliphatic heterocycles. The molecule has 4 rings (SSSR count). The van der Waals surface area contributed by atoms with Crippen molar-refractivity contribution in [3.63, 3.8) is 0 Å². The molecule has 1 fully saturated rings. The molecule has 0 radical (unpaired) electrons. The van der Waals surface area contributed by atoms with Gasteiger partial charge in [0.2, 0.25) is 0 Å². The fourth-order valence-corrected chi connectivity index (χ4v) is 3.55. The minimum atomic E-state index is -0.815. The lowest BCUT2D eigenvalue weighted by Crippen LogP contribution is -2.44. The van der Waals surface area contributed by atoms with Crippen LogP contribution in [0, 0.1) is 0 Å². The van der Waals surface area contributed by atoms with Crippen LogP contribution >= 0.6 is 0 Å². The maximum Gasteiger partial charge on any atom is 0.273 e. The molecule has 0 atom stereocenters. The van der Waals surface area contributed by atoms with Gasteiger partial charge in [-0.3, -0.25) is 9.78 Å². The Hall–Kier alpha value is -2.93. The molecule has 1 amide bonds. The van der Waals surface area contributed by atoms with Gasteiger partial charge in [-0.2, -0.15) is 0 Å². The lowest BCUT2D eigenvalue weighted by molar-refractivity contribution is 0.00517. The zero-order chi connectivity index (χ0) is 19.4. The number of benzene rings is 1. The van der Waals surface area contributed by atoms with Crippen LogP contribution in [0.1, 0.15) is 48.4 Å². The summed E-state index contributed by atoms with van der Waals surface area (Å²) in [5.41, 5.74) is 0.127. The van der Waals surface area contributed by atoms with Crippen molar-refractivity contribution in [1.82, 2.24) is 15.5 Å². The number of ether oxygens (including phenoxy) is 1. The molecule has 1 aromatic carbocycles. The van der Waals surface area contributed by atoms with Crippen LogP contribution in [0.3, 0.4) is 0 Å². The summed E-state index contributed by atoms with van der Waals surface area (Å²) in [6.45, 7) is 0.367. The normalized spacial score (nSPS) is 16.0. The molecule has 2 N–H and O–H groups in total. The molecule has 1 aliphatic rings. The molecular formula is C21H23N3O4. The molecule has 1 aliphatic carbocycles. The fourth-order valence-electron chi connectivity index (χ4n) is 3.55. The summed E-state index contributed by atoms with van der Waals surface area (Å²) in [4.78, 5) is 16.6. The zero-order valence-corrected chi connectivity index (χ0v) is 15.6. The van der Waals surface area contributed by atoms with Gasteiger partial charge in [-0.25, -0.2) is 0 Å². The van der Waals surface area contributed by atoms with Crippen molar-refractivity contribution in [1.29, 1.82) is 0 Å². The van der Waals surface area contributed by atoms with Crippen LogP contribution in [0.2, 0.25) is 0 Å². The van der Waals surface area contributed by atoms with Crippen molar-refractivity contribution in [2.45, 2.75) is 44.3 Å². The van der Waals surface area contributed by atoms with Crippen molar-refractivity contribution in [3.05, 3.63) is 54.0 Å². The summed E-state index contributed by atoms with van der Waals surface area (Å²) >= 11 is 0. The van der Waals surface area contributed by atoms with Gasteiger partial charge in [-0.1, -0.05) is 42.6 Å². The SMILES string of the molecule is O=C(NCC1(O)CCCCC1)c1cc(COc2cccc3cccnc23)on1. The number of carbonyl (C=O) groups is 1. The second kappa shape index (κ2) is 7.98. The molecule has 0 saturated heterocycles. The second-order valence-corrected chi connectivity index (χ2v) is 7.27. The Morgan fingerprint density at radius 3 is 2.89 bits per heavy atom. The molecule has 2 aromatic heterocycles. The summed E-state index contributed by atoms with van der Waals surface area (Å²) in [7, 11) is 0. The number of aromatic nitrogens is 2. The van der Waals surface area contributed by atoms with E-state index in [0.717, 1.165) is 30.2 Å². The van der Waals surface area contributed by atoms with Crippen LogP contribution in [0.15, 0.2) is 47.1 Å². The van der Waals surface area contributed by atoms with Gasteiger partial charge in [0.25, 0.3) is 5.91 Å². The largest absolute Gasteiger partial charge is 0.483 e. The molecule has 28 heavy (non-hydrogen) atoms. The predicted octanol–water partition coefficient (Wildman–Crippen LogP) is 3.23. The number of hydrogen-bond donors (Lipinski definition) is 2. The summed E-state index contributed by atoms with van der Waals surface area (Å²) in [5, 5.41) is 18.0. The lowest BCUT2D eigenvalue weighted by atomic mass is 9.85. The van der Waals surface area contributed by atoms with Gasteiger partial charge in [0.05, 0.1) is 5.60 Å². The van der Waals surface area contributed by atoms with Crippen LogP contribution < -0.4 is 10.1 Å². The van der Waals surface area contributed by atoms with Crippen molar-refractivity contribution in [2.24, 2.45) is 0 Å². The highest BCUT2D eigenvalue weighted by Crippen LogP contribution is 2.27. The number of aliphatic hydroxyl groups is 1. The highest BCUT2D eigenvalue weighted by molar-refractivity contribution is 5.92. The average molecular weight is 381 g/mol. The number of nitrogens with one attached hydrogen (secondary N) is 1. The number of pyridine rings is 1. The molecular weight excluding hydrogens is 358 g/mol. The first-order valence-electron chi connectivity index (χ1n) is 9.56. The van der Waals surface area contributed by atoms with Gasteiger partial charge >= 0.3 is 0 Å². The quantitative estimate of drug-likeness (QED) is 0.680. The van der Waals surface area contributed by atoms with Crippen molar-refractivity contribution >= 4 is 16.8 Å². The van der Waals surface area contributed by atoms with Crippen molar-refractivity contribution in [2.75, 3.05) is 6.54 Å². The Labute approximate surface area is 162 Å². The van der Waals surface area contributed by atoms with E-state index in [4.69, 9.17) is 9.26 Å². The van der Waals surface area contributed by atoms with E-state index in [1.807, 2.05) is 30.3 Å². The van der Waals surface area contributed by atoms with E-state index in [2.05, 4.69) is 15.5 Å². The number of para-hydroxylation sites is 1. The molecule has 7 heteroatoms. The maximum absolute atomic E-state index is 12.3. The molecule has 0 unspecified atom stereocenters. The van der Waals surface area contributed by atoms with Crippen LogP contribution in [-0.4, -0.2) is 33.3 Å². The molecule has 2 heterocycles. The standard InChI is InChI=1S/C21H23N3O4/c25-20(23-14-21(26)9-2-1-3-10-21)17-12-16(28-24-17)13-27-18-8-4-6-15-7-5-11-22-19(15)18/h4-8,11-12,26H,1-3,9-10,13-14H2,(H,23,25). The first-order chi connectivity index (χ1) is 13.6. The van der Waals surface area contributed by atoms with Gasteiger partial charge in [-0.15, -0.1) is 0 Å². The summed E-state index contributed by atoms with van der Waals surface area (Å²) in [6, 6.07) is 11.1. The monoisotopic (exact) mass is 381 g/mol. The lowest BCUT2D eigenvalue weighted by Gasteiger charge is -2.31. The predicted molar refractivity (Wildman–Crippen MR) is 103 cm³/mol. The molecule has 0 bridgehead atoms. The van der Waals surface area contributed by atoms with Crippen LogP contribution in [-0.2, 0) is 6.61 Å². The summed E-state index contributed by atoms with van der Waals surface area (Å²) < 4.78 is 11.0. The van der Waals surface area contributed by atoms with E-state index in [9.17, 15) is 9.90 Å². The Bertz CT molecular complexity index is 958. The number of nitrogens with zero attached hydrogens (tertiary/aromatic N) is 2. The van der Waals surface area contributed by atoms with Crippen molar-refractivity contribution in [3.8, 4) is 5.75 Å². The van der Waals surface area contributed by atoms with E-state index in [1.54, 1.807) is 12.3 Å². The van der Waals surface area contributed by atoms with E-state index in [0.29, 0.717) is 24.4 Å². The Kier molecular flexibility index (Phi) is 5.25. The van der Waals surface area contributed by atoms with Crippen LogP contribution in [0.25, 0.3) is 10.9 Å². The minimum Gasteiger partial charge on any atom is -0.483 e. The maximum atomic E-state index is 12.3. The third-order valence-electron chi connectivity index (χ3n) is 5.12. The van der Waals surface area contributed by atoms with Crippen LogP contribution in [0.5, 0.6) is 5.75 Å². The summed E-state index contributed by atoms with van der Waals surface area (Å²) in [6.07, 6.45) is 6.25. The van der Waals surface area contributed by atoms with Gasteiger partial charge in [0.1, 0.15) is 17.9 Å². The second-order valence-electron chi connectivity index (χ2n) is 7.27. The Morgan fingerprint density at radius 2 is 2.04 bits per heavy atom. The number of fused-ring (bicyclic) bond motifs is 1. The highest BCUT2D eigenvalue weighted by atomic mass is 16.5. The molecule has 3 aromatic rings. The molecule has 1 saturated carbocycles. The highest BCUT2D eigenvalue weighted by Gasteiger charge is 2.30. The summed E-state index contributed by atoms with van der Waals surface area (Å²) in [5.74, 6) is 0.718. The topological polar surface area (TPSA) is 97.5 Å². The smallest absolute Gasteiger partial charge is 0.273 e. The van der Waals surface area contributed by atoms with Gasteiger partial charge in [-0.05, 0) is 25.0 Å². The van der Waals surface area contributed by atoms with E-state index >= 15 is 0 Å². The van der Waals surface area contributed by atoms with Gasteiger partial charge in [0.15, 0.2) is 11.5 Å². The first-order valence-corrected chi connectivity index (χ1v) is 9.56. The van der Waals surface area contributed by atoms with Gasteiger partial charge < -0.3 is 19.7 Å². The zero-order valence-electron chi connectivity index (χ0n) is 15.6.